The minimum Gasteiger partial charge on any atom is -0.491 e. The molecule has 5 nitrogen and oxygen atoms in total. The summed E-state index contributed by atoms with van der Waals surface area (Å²) < 4.78 is 25.9. The van der Waals surface area contributed by atoms with Crippen molar-refractivity contribution in [3.05, 3.63) is 53.1 Å². The second kappa shape index (κ2) is 21.8. The lowest BCUT2D eigenvalue weighted by Gasteiger charge is -2.24. The molecule has 46 heavy (non-hydrogen) atoms. The van der Waals surface area contributed by atoms with Gasteiger partial charge in [0.25, 0.3) is 0 Å². The summed E-state index contributed by atoms with van der Waals surface area (Å²) in [6.45, 7) is 19.2. The second-order valence-electron chi connectivity index (χ2n) is 13.0. The molecular weight excluding hydrogens is 572 g/mol. The van der Waals surface area contributed by atoms with Gasteiger partial charge >= 0.3 is 0 Å². The Kier molecular flexibility index (Phi) is 18.6. The molecule has 0 saturated carbocycles. The minimum atomic E-state index is -0.151. The van der Waals surface area contributed by atoms with Crippen LogP contribution < -0.4 is 18.9 Å². The number of rotatable bonds is 24. The number of hydrogen-bond acceptors (Lipinski definition) is 5. The van der Waals surface area contributed by atoms with E-state index < -0.39 is 0 Å². The Morgan fingerprint density at radius 2 is 1.13 bits per heavy atom. The van der Waals surface area contributed by atoms with Gasteiger partial charge in [0.05, 0.1) is 30.0 Å². The minimum absolute atomic E-state index is 0.0187. The van der Waals surface area contributed by atoms with Gasteiger partial charge in [0, 0.05) is 11.6 Å². The van der Waals surface area contributed by atoms with Crippen molar-refractivity contribution in [3.8, 4) is 23.0 Å². The van der Waals surface area contributed by atoms with Crippen LogP contribution in [0.5, 0.6) is 23.0 Å². The maximum Gasteiger partial charge on any atom is 0.189 e. The molecule has 4 unspecified atom stereocenters. The van der Waals surface area contributed by atoms with E-state index in [1.165, 1.54) is 5.56 Å². The Labute approximate surface area is 281 Å². The zero-order valence-electron chi connectivity index (χ0n) is 30.6. The van der Waals surface area contributed by atoms with Gasteiger partial charge in [-0.15, -0.1) is 0 Å². The number of aryl methyl sites for hydroxylation is 1. The first-order valence-corrected chi connectivity index (χ1v) is 18.3. The Morgan fingerprint density at radius 1 is 0.630 bits per heavy atom. The molecular formula is C41H64O5. The summed E-state index contributed by atoms with van der Waals surface area (Å²) in [6.07, 6.45) is 17.0. The molecule has 2 rings (SSSR count). The summed E-state index contributed by atoms with van der Waals surface area (Å²) in [5, 5.41) is 0. The van der Waals surface area contributed by atoms with Gasteiger partial charge in [-0.3, -0.25) is 4.79 Å². The standard InChI is InChI=1S/C41H64O5/c1-10-15-19-30(6)43-36-28-37(41(46-33(9)22-18-13-4)40(29-36)45-32(8)21-17-12-3)38(42)25-24-35-27-34(14-5)23-26-39(35)44-31(7)20-16-11-2/h23-33H,10-22H2,1-9H3. The molecule has 2 aromatic rings. The zero-order chi connectivity index (χ0) is 33.9. The van der Waals surface area contributed by atoms with E-state index in [-0.39, 0.29) is 30.2 Å². The van der Waals surface area contributed by atoms with Gasteiger partial charge in [-0.25, -0.2) is 0 Å². The van der Waals surface area contributed by atoms with E-state index in [0.717, 1.165) is 94.8 Å². The van der Waals surface area contributed by atoms with Crippen LogP contribution in [0.2, 0.25) is 0 Å². The fourth-order valence-corrected chi connectivity index (χ4v) is 5.42. The second-order valence-corrected chi connectivity index (χ2v) is 13.0. The highest BCUT2D eigenvalue weighted by Gasteiger charge is 2.23. The molecule has 5 heteroatoms. The van der Waals surface area contributed by atoms with Gasteiger partial charge in [0.15, 0.2) is 17.3 Å². The largest absolute Gasteiger partial charge is 0.491 e. The van der Waals surface area contributed by atoms with Crippen LogP contribution in [-0.2, 0) is 6.42 Å². The SMILES string of the molecule is CCCCC(C)Oc1cc(OC(C)CCCC)c(OC(C)CCCC)c(C(=O)C=Cc2cc(CC)ccc2OC(C)CCCC)c1. The highest BCUT2D eigenvalue weighted by molar-refractivity contribution is 6.09. The van der Waals surface area contributed by atoms with Gasteiger partial charge in [0.2, 0.25) is 0 Å². The van der Waals surface area contributed by atoms with E-state index in [0.29, 0.717) is 22.8 Å². The van der Waals surface area contributed by atoms with Crippen molar-refractivity contribution in [3.63, 3.8) is 0 Å². The quantitative estimate of drug-likeness (QED) is 0.0847. The van der Waals surface area contributed by atoms with Gasteiger partial charge in [0.1, 0.15) is 11.5 Å². The first-order chi connectivity index (χ1) is 22.1. The Morgan fingerprint density at radius 3 is 1.65 bits per heavy atom. The molecule has 0 spiro atoms. The summed E-state index contributed by atoms with van der Waals surface area (Å²) in [7, 11) is 0. The zero-order valence-corrected chi connectivity index (χ0v) is 30.6. The molecule has 0 aliphatic heterocycles. The third-order valence-corrected chi connectivity index (χ3v) is 8.36. The van der Waals surface area contributed by atoms with Crippen molar-refractivity contribution in [2.45, 2.75) is 170 Å². The monoisotopic (exact) mass is 636 g/mol. The van der Waals surface area contributed by atoms with Crippen molar-refractivity contribution >= 4 is 11.9 Å². The predicted octanol–water partition coefficient (Wildman–Crippen LogP) is 12.0. The molecule has 0 aliphatic carbocycles. The lowest BCUT2D eigenvalue weighted by molar-refractivity contribution is 0.103. The number of ether oxygens (including phenoxy) is 4. The molecule has 0 N–H and O–H groups in total. The van der Waals surface area contributed by atoms with E-state index in [1.54, 1.807) is 6.08 Å². The molecule has 4 atom stereocenters. The highest BCUT2D eigenvalue weighted by Crippen LogP contribution is 2.39. The van der Waals surface area contributed by atoms with Gasteiger partial charge in [-0.1, -0.05) is 92.1 Å². The fourth-order valence-electron chi connectivity index (χ4n) is 5.42. The lowest BCUT2D eigenvalue weighted by atomic mass is 10.0. The summed E-state index contributed by atoms with van der Waals surface area (Å²) in [5.41, 5.74) is 2.56. The maximum absolute atomic E-state index is 14.2. The summed E-state index contributed by atoms with van der Waals surface area (Å²) in [5.74, 6) is 2.36. The number of carbonyl (C=O) groups is 1. The fraction of sp³-hybridized carbons (Fsp3) is 0.634. The van der Waals surface area contributed by atoms with Crippen molar-refractivity contribution < 1.29 is 23.7 Å². The molecule has 0 fully saturated rings. The number of allylic oxidation sites excluding steroid dienone is 1. The molecule has 0 heterocycles. The Balaban J connectivity index is 2.59. The van der Waals surface area contributed by atoms with Gasteiger partial charge in [-0.05, 0) is 95.7 Å². The van der Waals surface area contributed by atoms with Crippen LogP contribution in [0.4, 0.5) is 0 Å². The van der Waals surface area contributed by atoms with Crippen molar-refractivity contribution in [1.29, 1.82) is 0 Å². The highest BCUT2D eigenvalue weighted by atomic mass is 16.5. The Hall–Kier alpha value is -2.95. The van der Waals surface area contributed by atoms with E-state index in [4.69, 9.17) is 18.9 Å². The van der Waals surface area contributed by atoms with E-state index in [1.807, 2.05) is 24.3 Å². The third kappa shape index (κ3) is 13.8. The number of hydrogen-bond donors (Lipinski definition) is 0. The molecule has 258 valence electrons. The smallest absolute Gasteiger partial charge is 0.189 e. The number of benzene rings is 2. The van der Waals surface area contributed by atoms with Crippen LogP contribution in [0.15, 0.2) is 36.4 Å². The van der Waals surface area contributed by atoms with Crippen molar-refractivity contribution in [1.82, 2.24) is 0 Å². The molecule has 0 aromatic heterocycles. The topological polar surface area (TPSA) is 54.0 Å². The normalized spacial score (nSPS) is 14.1. The number of unbranched alkanes of at least 4 members (excludes halogenated alkanes) is 4. The number of ketones is 1. The van der Waals surface area contributed by atoms with E-state index in [9.17, 15) is 4.79 Å². The van der Waals surface area contributed by atoms with Crippen LogP contribution in [0, 0.1) is 0 Å². The maximum atomic E-state index is 14.2. The van der Waals surface area contributed by atoms with Crippen LogP contribution in [0.25, 0.3) is 6.08 Å². The van der Waals surface area contributed by atoms with E-state index in [2.05, 4.69) is 74.4 Å². The van der Waals surface area contributed by atoms with Crippen molar-refractivity contribution in [2.24, 2.45) is 0 Å². The number of carbonyl (C=O) groups excluding carboxylic acids is 1. The summed E-state index contributed by atoms with van der Waals surface area (Å²) >= 11 is 0. The van der Waals surface area contributed by atoms with Crippen LogP contribution in [0.1, 0.15) is 161 Å². The average molecular weight is 637 g/mol. The lowest BCUT2D eigenvalue weighted by Crippen LogP contribution is -2.18. The van der Waals surface area contributed by atoms with Crippen LogP contribution in [-0.4, -0.2) is 30.2 Å². The molecule has 2 aromatic carbocycles. The molecule has 0 saturated heterocycles. The van der Waals surface area contributed by atoms with Crippen molar-refractivity contribution in [2.75, 3.05) is 0 Å². The first kappa shape index (κ1) is 39.2. The molecule has 0 aliphatic rings. The summed E-state index contributed by atoms with van der Waals surface area (Å²) in [4.78, 5) is 14.2. The summed E-state index contributed by atoms with van der Waals surface area (Å²) in [6, 6.07) is 10.0. The van der Waals surface area contributed by atoms with Gasteiger partial charge in [-0.2, -0.15) is 0 Å². The molecule has 0 bridgehead atoms. The molecule has 0 radical (unpaired) electrons. The Bertz CT molecular complexity index is 1190. The third-order valence-electron chi connectivity index (χ3n) is 8.36. The van der Waals surface area contributed by atoms with E-state index >= 15 is 0 Å². The molecule has 0 amide bonds. The van der Waals surface area contributed by atoms with Crippen LogP contribution >= 0.6 is 0 Å². The first-order valence-electron chi connectivity index (χ1n) is 18.3. The predicted molar refractivity (Wildman–Crippen MR) is 194 cm³/mol. The van der Waals surface area contributed by atoms with Gasteiger partial charge < -0.3 is 18.9 Å². The van der Waals surface area contributed by atoms with Crippen LogP contribution in [0.3, 0.4) is 0 Å². The average Bonchev–Trinajstić information content (AvgIpc) is 3.04.